The molecule has 0 fully saturated rings. The van der Waals surface area contributed by atoms with Gasteiger partial charge < -0.3 is 0 Å². The average molecular weight is 434 g/mol. The Hall–Kier alpha value is -2.55. The van der Waals surface area contributed by atoms with E-state index in [1.54, 1.807) is 0 Å². The van der Waals surface area contributed by atoms with Gasteiger partial charge in [-0.05, 0) is 59.3 Å². The van der Waals surface area contributed by atoms with Crippen LogP contribution >= 0.6 is 27.7 Å². The molecule has 0 saturated carbocycles. The zero-order valence-corrected chi connectivity index (χ0v) is 16.8. The fraction of sp³-hybridized carbons (Fsp3) is 0.0909. The van der Waals surface area contributed by atoms with E-state index in [0.717, 1.165) is 32.8 Å². The summed E-state index contributed by atoms with van der Waals surface area (Å²) in [5.41, 5.74) is 4.48. The molecule has 27 heavy (non-hydrogen) atoms. The van der Waals surface area contributed by atoms with Crippen molar-refractivity contribution in [1.82, 2.24) is 0 Å². The molecule has 0 amide bonds. The molecule has 0 radical (unpaired) electrons. The highest BCUT2D eigenvalue weighted by Gasteiger charge is 2.29. The van der Waals surface area contributed by atoms with Crippen LogP contribution in [0, 0.1) is 10.7 Å². The van der Waals surface area contributed by atoms with E-state index in [-0.39, 0.29) is 6.04 Å². The van der Waals surface area contributed by atoms with Gasteiger partial charge in [0.05, 0.1) is 17.4 Å². The molecule has 3 nitrogen and oxygen atoms in total. The van der Waals surface area contributed by atoms with Gasteiger partial charge in [-0.15, -0.1) is 0 Å². The minimum absolute atomic E-state index is 0.152. The van der Waals surface area contributed by atoms with Crippen molar-refractivity contribution in [2.24, 2.45) is 5.10 Å². The molecule has 3 aromatic carbocycles. The van der Waals surface area contributed by atoms with E-state index in [1.165, 1.54) is 17.3 Å². The Morgan fingerprint density at radius 1 is 0.963 bits per heavy atom. The first-order valence-electron chi connectivity index (χ1n) is 8.58. The number of anilines is 1. The lowest BCUT2D eigenvalue weighted by atomic mass is 9.98. The van der Waals surface area contributed by atoms with Gasteiger partial charge in [0, 0.05) is 15.8 Å². The molecule has 5 heteroatoms. The molecule has 1 heterocycles. The Morgan fingerprint density at radius 2 is 1.67 bits per heavy atom. The number of hydrogen-bond acceptors (Lipinski definition) is 4. The van der Waals surface area contributed by atoms with Gasteiger partial charge in [-0.3, -0.25) is 5.01 Å². The second kappa shape index (κ2) is 7.99. The van der Waals surface area contributed by atoms with Gasteiger partial charge in [0.25, 0.3) is 0 Å². The number of thioether (sulfide) groups is 1. The average Bonchev–Trinajstić information content (AvgIpc) is 3.15. The number of halogens is 1. The van der Waals surface area contributed by atoms with Crippen LogP contribution in [0.15, 0.2) is 93.3 Å². The van der Waals surface area contributed by atoms with Crippen LogP contribution < -0.4 is 5.01 Å². The lowest BCUT2D eigenvalue weighted by Gasteiger charge is -2.24. The number of nitriles is 1. The van der Waals surface area contributed by atoms with Crippen LogP contribution in [0.5, 0.6) is 0 Å². The van der Waals surface area contributed by atoms with E-state index in [2.05, 4.69) is 62.7 Å². The highest BCUT2D eigenvalue weighted by molar-refractivity contribution is 9.10. The summed E-state index contributed by atoms with van der Waals surface area (Å²) >= 11 is 4.66. The van der Waals surface area contributed by atoms with Crippen molar-refractivity contribution in [3.63, 3.8) is 0 Å². The summed E-state index contributed by atoms with van der Waals surface area (Å²) in [7, 11) is 0. The van der Waals surface area contributed by atoms with Gasteiger partial charge in [-0.25, -0.2) is 0 Å². The number of hydrogen-bond donors (Lipinski definition) is 0. The molecule has 1 atom stereocenters. The molecule has 132 valence electrons. The first-order valence-corrected chi connectivity index (χ1v) is 10.2. The zero-order chi connectivity index (χ0) is 18.6. The monoisotopic (exact) mass is 433 g/mol. The van der Waals surface area contributed by atoms with Gasteiger partial charge in [0.2, 0.25) is 0 Å². The summed E-state index contributed by atoms with van der Waals surface area (Å²) in [6, 6.07) is 26.9. The van der Waals surface area contributed by atoms with Gasteiger partial charge in [0.1, 0.15) is 5.40 Å². The van der Waals surface area contributed by atoms with Crippen molar-refractivity contribution in [2.75, 3.05) is 5.01 Å². The maximum absolute atomic E-state index is 8.85. The first kappa shape index (κ1) is 17.8. The van der Waals surface area contributed by atoms with E-state index in [0.29, 0.717) is 0 Å². The first-order chi connectivity index (χ1) is 13.2. The summed E-state index contributed by atoms with van der Waals surface area (Å²) in [4.78, 5) is 0.939. The third kappa shape index (κ3) is 3.92. The topological polar surface area (TPSA) is 39.4 Å². The molecule has 1 aliphatic rings. The highest BCUT2D eigenvalue weighted by atomic mass is 79.9. The second-order valence-electron chi connectivity index (χ2n) is 6.22. The smallest absolute Gasteiger partial charge is 0.138 e. The minimum atomic E-state index is 0.152. The molecule has 0 N–H and O–H groups in total. The second-order valence-corrected chi connectivity index (χ2v) is 7.99. The van der Waals surface area contributed by atoms with E-state index in [4.69, 9.17) is 10.4 Å². The Morgan fingerprint density at radius 3 is 2.33 bits per heavy atom. The molecule has 3 aromatic rings. The van der Waals surface area contributed by atoms with Crippen molar-refractivity contribution in [3.05, 3.63) is 94.5 Å². The number of rotatable bonds is 4. The van der Waals surface area contributed by atoms with E-state index >= 15 is 0 Å². The third-order valence-electron chi connectivity index (χ3n) is 4.54. The van der Waals surface area contributed by atoms with E-state index in [1.807, 2.05) is 42.5 Å². The van der Waals surface area contributed by atoms with Gasteiger partial charge in [-0.2, -0.15) is 10.4 Å². The number of thiocyanates is 1. The Balaban J connectivity index is 1.71. The maximum atomic E-state index is 8.85. The lowest BCUT2D eigenvalue weighted by molar-refractivity contribution is 0.708. The van der Waals surface area contributed by atoms with Crippen LogP contribution in [0.25, 0.3) is 0 Å². The molecule has 0 spiro atoms. The van der Waals surface area contributed by atoms with Crippen molar-refractivity contribution in [3.8, 4) is 5.40 Å². The normalized spacial score (nSPS) is 16.1. The Kier molecular flexibility index (Phi) is 5.28. The van der Waals surface area contributed by atoms with Crippen molar-refractivity contribution in [2.45, 2.75) is 17.4 Å². The number of benzene rings is 3. The van der Waals surface area contributed by atoms with Crippen LogP contribution in [0.1, 0.15) is 23.6 Å². The standard InChI is InChI=1S/C22H16BrN3S/c23-18-8-6-16(7-9-18)21-14-22(17-4-2-1-3-5-17)26(25-21)19-10-12-20(13-11-19)27-15-24/h1-13,22H,14H2. The fourth-order valence-electron chi connectivity index (χ4n) is 3.22. The lowest BCUT2D eigenvalue weighted by Crippen LogP contribution is -2.18. The summed E-state index contributed by atoms with van der Waals surface area (Å²) in [6.45, 7) is 0. The maximum Gasteiger partial charge on any atom is 0.138 e. The summed E-state index contributed by atoms with van der Waals surface area (Å²) in [6.07, 6.45) is 0.848. The SMILES string of the molecule is N#CSc1ccc(N2N=C(c3ccc(Br)cc3)CC2c2ccccc2)cc1. The summed E-state index contributed by atoms with van der Waals surface area (Å²) < 4.78 is 1.06. The Labute approximate surface area is 171 Å². The molecule has 0 aliphatic carbocycles. The van der Waals surface area contributed by atoms with Gasteiger partial charge in [-0.1, -0.05) is 58.4 Å². The largest absolute Gasteiger partial charge is 0.257 e. The van der Waals surface area contributed by atoms with E-state index in [9.17, 15) is 0 Å². The highest BCUT2D eigenvalue weighted by Crippen LogP contribution is 2.37. The molecule has 0 bridgehead atoms. The zero-order valence-electron chi connectivity index (χ0n) is 14.4. The van der Waals surface area contributed by atoms with Crippen molar-refractivity contribution >= 4 is 39.1 Å². The van der Waals surface area contributed by atoms with Crippen LogP contribution in [-0.4, -0.2) is 5.71 Å². The molecule has 0 saturated heterocycles. The minimum Gasteiger partial charge on any atom is -0.257 e. The van der Waals surface area contributed by atoms with Crippen LogP contribution in [-0.2, 0) is 0 Å². The molecule has 4 rings (SSSR count). The molecule has 1 aliphatic heterocycles. The van der Waals surface area contributed by atoms with Crippen molar-refractivity contribution in [1.29, 1.82) is 5.26 Å². The van der Waals surface area contributed by atoms with E-state index < -0.39 is 0 Å². The molecular formula is C22H16BrN3S. The number of nitrogens with zero attached hydrogens (tertiary/aromatic N) is 3. The molecule has 1 unspecified atom stereocenters. The van der Waals surface area contributed by atoms with Gasteiger partial charge >= 0.3 is 0 Å². The van der Waals surface area contributed by atoms with Crippen LogP contribution in [0.4, 0.5) is 5.69 Å². The molecular weight excluding hydrogens is 418 g/mol. The Bertz CT molecular complexity index is 992. The summed E-state index contributed by atoms with van der Waals surface area (Å²) in [5.74, 6) is 0. The quantitative estimate of drug-likeness (QED) is 0.353. The predicted octanol–water partition coefficient (Wildman–Crippen LogP) is 6.38. The fourth-order valence-corrected chi connectivity index (χ4v) is 3.86. The number of hydrazone groups is 1. The third-order valence-corrected chi connectivity index (χ3v) is 5.66. The predicted molar refractivity (Wildman–Crippen MR) is 115 cm³/mol. The van der Waals surface area contributed by atoms with Crippen molar-refractivity contribution < 1.29 is 0 Å². The molecule has 0 aromatic heterocycles. The van der Waals surface area contributed by atoms with Gasteiger partial charge in [0.15, 0.2) is 0 Å². The van der Waals surface area contributed by atoms with Crippen LogP contribution in [0.2, 0.25) is 0 Å². The summed E-state index contributed by atoms with van der Waals surface area (Å²) in [5, 5.41) is 18.0. The van der Waals surface area contributed by atoms with Crippen LogP contribution in [0.3, 0.4) is 0 Å².